The second-order valence-electron chi connectivity index (χ2n) is 9.48. The molecule has 0 spiro atoms. The summed E-state index contributed by atoms with van der Waals surface area (Å²) in [7, 11) is 0. The van der Waals surface area contributed by atoms with E-state index in [0.29, 0.717) is 45.9 Å². The van der Waals surface area contributed by atoms with Crippen LogP contribution in [0.3, 0.4) is 0 Å². The molecule has 11 heteroatoms. The van der Waals surface area contributed by atoms with Crippen molar-refractivity contribution in [1.29, 1.82) is 0 Å². The van der Waals surface area contributed by atoms with Gasteiger partial charge < -0.3 is 14.6 Å². The normalized spacial score (nSPS) is 16.0. The molecule has 4 aromatic rings. The van der Waals surface area contributed by atoms with E-state index in [9.17, 15) is 19.1 Å². The number of anilines is 1. The lowest BCUT2D eigenvalue weighted by Gasteiger charge is -2.22. The predicted octanol–water partition coefficient (Wildman–Crippen LogP) is 6.95. The third kappa shape index (κ3) is 6.79. The molecular weight excluding hydrogens is 590 g/mol. The van der Waals surface area contributed by atoms with Gasteiger partial charge in [-0.25, -0.2) is 4.39 Å². The number of amides is 1. The minimum atomic E-state index is -0.965. The fourth-order valence-corrected chi connectivity index (χ4v) is 6.24. The van der Waals surface area contributed by atoms with Crippen LogP contribution in [0.25, 0.3) is 5.76 Å². The van der Waals surface area contributed by atoms with E-state index < -0.39 is 17.7 Å². The van der Waals surface area contributed by atoms with Gasteiger partial charge in [0.1, 0.15) is 29.7 Å². The van der Waals surface area contributed by atoms with Crippen LogP contribution < -0.4 is 14.4 Å². The maximum atomic E-state index is 13.5. The average Bonchev–Trinajstić information content (AvgIpc) is 3.60. The molecule has 5 rings (SSSR count). The second-order valence-corrected chi connectivity index (χ2v) is 11.7. The highest BCUT2D eigenvalue weighted by molar-refractivity contribution is 8.00. The monoisotopic (exact) mass is 617 g/mol. The van der Waals surface area contributed by atoms with Crippen molar-refractivity contribution in [2.45, 2.75) is 29.5 Å². The van der Waals surface area contributed by atoms with Crippen molar-refractivity contribution >= 4 is 45.7 Å². The fraction of sp³-hybridized carbons (Fsp3) is 0.188. The van der Waals surface area contributed by atoms with Crippen LogP contribution in [0.1, 0.15) is 36.1 Å². The highest BCUT2D eigenvalue weighted by Crippen LogP contribution is 2.44. The van der Waals surface area contributed by atoms with Crippen LogP contribution >= 0.6 is 23.1 Å². The van der Waals surface area contributed by atoms with Gasteiger partial charge in [0.25, 0.3) is 5.78 Å². The SMILES string of the molecule is C=CCOc1ccc(C2/C(=C(/O)c3ccc(OCCC)cc3)C(=O)C(=O)N2c2nnc(SCc3ccc(F)cc3)s2)cc1. The quantitative estimate of drug-likeness (QED) is 0.0455. The summed E-state index contributed by atoms with van der Waals surface area (Å²) in [6.45, 7) is 6.52. The Labute approximate surface area is 256 Å². The third-order valence-electron chi connectivity index (χ3n) is 6.49. The number of ether oxygens (including phenoxy) is 2. The molecule has 1 aliphatic heterocycles. The number of carbonyl (C=O) groups is 2. The summed E-state index contributed by atoms with van der Waals surface area (Å²) in [6, 6.07) is 18.8. The molecule has 1 fully saturated rings. The molecule has 1 amide bonds. The van der Waals surface area contributed by atoms with Gasteiger partial charge in [-0.2, -0.15) is 0 Å². The van der Waals surface area contributed by atoms with Gasteiger partial charge in [0.15, 0.2) is 4.34 Å². The summed E-state index contributed by atoms with van der Waals surface area (Å²) >= 11 is 2.53. The van der Waals surface area contributed by atoms with Gasteiger partial charge in [0, 0.05) is 11.3 Å². The van der Waals surface area contributed by atoms with Crippen molar-refractivity contribution in [1.82, 2.24) is 10.2 Å². The first kappa shape index (κ1) is 30.0. The van der Waals surface area contributed by atoms with Crippen LogP contribution in [0.5, 0.6) is 11.5 Å². The molecule has 1 saturated heterocycles. The van der Waals surface area contributed by atoms with E-state index in [1.807, 2.05) is 6.92 Å². The van der Waals surface area contributed by atoms with E-state index in [4.69, 9.17) is 9.47 Å². The Kier molecular flexibility index (Phi) is 9.53. The number of ketones is 1. The first-order valence-electron chi connectivity index (χ1n) is 13.5. The Morgan fingerprint density at radius 1 is 1.02 bits per heavy atom. The van der Waals surface area contributed by atoms with Gasteiger partial charge >= 0.3 is 5.91 Å². The zero-order valence-corrected chi connectivity index (χ0v) is 24.9. The van der Waals surface area contributed by atoms with E-state index in [0.717, 1.165) is 23.3 Å². The molecule has 0 aliphatic carbocycles. The first-order valence-corrected chi connectivity index (χ1v) is 15.3. The van der Waals surface area contributed by atoms with Gasteiger partial charge in [-0.3, -0.25) is 14.5 Å². The fourth-order valence-electron chi connectivity index (χ4n) is 4.42. The van der Waals surface area contributed by atoms with Crippen molar-refractivity contribution in [2.24, 2.45) is 0 Å². The molecule has 8 nitrogen and oxygen atoms in total. The topological polar surface area (TPSA) is 102 Å². The summed E-state index contributed by atoms with van der Waals surface area (Å²) in [6.07, 6.45) is 2.48. The largest absolute Gasteiger partial charge is 0.507 e. The molecule has 0 saturated carbocycles. The number of aliphatic hydroxyl groups excluding tert-OH is 1. The number of benzene rings is 3. The highest BCUT2D eigenvalue weighted by atomic mass is 32.2. The molecule has 220 valence electrons. The van der Waals surface area contributed by atoms with Gasteiger partial charge in [-0.05, 0) is 66.1 Å². The third-order valence-corrected chi connectivity index (χ3v) is 8.61. The molecule has 43 heavy (non-hydrogen) atoms. The molecule has 0 radical (unpaired) electrons. The Morgan fingerprint density at radius 2 is 1.70 bits per heavy atom. The highest BCUT2D eigenvalue weighted by Gasteiger charge is 2.48. The number of Topliss-reactive ketones (excluding diaryl/α,β-unsaturated/α-hetero) is 1. The van der Waals surface area contributed by atoms with Gasteiger partial charge in [0.05, 0.1) is 18.2 Å². The number of thioether (sulfide) groups is 1. The summed E-state index contributed by atoms with van der Waals surface area (Å²) < 4.78 is 25.1. The molecule has 2 heterocycles. The zero-order chi connectivity index (χ0) is 30.3. The standard InChI is InChI=1S/C32H28FN3O5S2/c1-3-17-40-24-13-7-21(8-14-24)27-26(28(37)22-9-15-25(16-10-22)41-18-4-2)29(38)30(39)36(27)31-34-35-32(43-31)42-19-20-5-11-23(33)12-6-20/h3,5-16,27,37H,1,4,17-19H2,2H3/b28-26-. The number of rotatable bonds is 12. The van der Waals surface area contributed by atoms with Crippen LogP contribution in [-0.2, 0) is 15.3 Å². The lowest BCUT2D eigenvalue weighted by Crippen LogP contribution is -2.29. The minimum Gasteiger partial charge on any atom is -0.507 e. The second kappa shape index (κ2) is 13.7. The van der Waals surface area contributed by atoms with E-state index in [1.165, 1.54) is 28.8 Å². The molecule has 0 bridgehead atoms. The lowest BCUT2D eigenvalue weighted by molar-refractivity contribution is -0.132. The van der Waals surface area contributed by atoms with E-state index >= 15 is 0 Å². The van der Waals surface area contributed by atoms with E-state index in [1.54, 1.807) is 66.7 Å². The molecular formula is C32H28FN3O5S2. The Balaban J connectivity index is 1.50. The van der Waals surface area contributed by atoms with Crippen molar-refractivity contribution in [3.63, 3.8) is 0 Å². The van der Waals surface area contributed by atoms with Crippen LogP contribution in [0.2, 0.25) is 0 Å². The summed E-state index contributed by atoms with van der Waals surface area (Å²) in [5, 5.41) is 20.1. The van der Waals surface area contributed by atoms with Crippen LogP contribution in [0.15, 0.2) is 95.4 Å². The van der Waals surface area contributed by atoms with Crippen LogP contribution in [0.4, 0.5) is 9.52 Å². The van der Waals surface area contributed by atoms with Crippen LogP contribution in [0, 0.1) is 5.82 Å². The smallest absolute Gasteiger partial charge is 0.301 e. The zero-order valence-electron chi connectivity index (χ0n) is 23.2. The Morgan fingerprint density at radius 3 is 2.37 bits per heavy atom. The number of aliphatic hydroxyl groups is 1. The first-order chi connectivity index (χ1) is 20.9. The lowest BCUT2D eigenvalue weighted by atomic mass is 9.95. The number of halogens is 1. The molecule has 1 unspecified atom stereocenters. The van der Waals surface area contributed by atoms with Gasteiger partial charge in [-0.1, -0.05) is 66.9 Å². The number of hydrogen-bond donors (Lipinski definition) is 1. The summed E-state index contributed by atoms with van der Waals surface area (Å²) in [5.74, 6) is -0.562. The maximum Gasteiger partial charge on any atom is 0.301 e. The molecule has 1 aromatic heterocycles. The summed E-state index contributed by atoms with van der Waals surface area (Å²) in [5.41, 5.74) is 1.77. The number of aromatic nitrogens is 2. The minimum absolute atomic E-state index is 0.0669. The Bertz CT molecular complexity index is 1640. The maximum absolute atomic E-state index is 13.5. The predicted molar refractivity (Wildman–Crippen MR) is 165 cm³/mol. The summed E-state index contributed by atoms with van der Waals surface area (Å²) in [4.78, 5) is 28.3. The van der Waals surface area contributed by atoms with E-state index in [2.05, 4.69) is 16.8 Å². The van der Waals surface area contributed by atoms with Crippen molar-refractivity contribution in [3.8, 4) is 11.5 Å². The Hall–Kier alpha value is -4.48. The molecule has 1 atom stereocenters. The van der Waals surface area contributed by atoms with Crippen LogP contribution in [-0.4, -0.2) is 40.2 Å². The number of carbonyl (C=O) groups excluding carboxylic acids is 2. The number of hydrogen-bond acceptors (Lipinski definition) is 9. The van der Waals surface area contributed by atoms with Gasteiger partial charge in [-0.15, -0.1) is 10.2 Å². The number of nitrogens with zero attached hydrogens (tertiary/aromatic N) is 3. The van der Waals surface area contributed by atoms with Crippen molar-refractivity contribution < 1.29 is 28.6 Å². The van der Waals surface area contributed by atoms with Gasteiger partial charge in [0.2, 0.25) is 5.13 Å². The molecule has 1 aliphatic rings. The van der Waals surface area contributed by atoms with Crippen molar-refractivity contribution in [2.75, 3.05) is 18.1 Å². The molecule has 1 N–H and O–H groups in total. The average molecular weight is 618 g/mol. The van der Waals surface area contributed by atoms with Crippen molar-refractivity contribution in [3.05, 3.63) is 114 Å². The van der Waals surface area contributed by atoms with E-state index in [-0.39, 0.29) is 22.3 Å². The molecule has 3 aromatic carbocycles.